The minimum absolute atomic E-state index is 0.0170. The minimum Gasteiger partial charge on any atom is -0.444 e. The highest BCUT2D eigenvalue weighted by Crippen LogP contribution is 2.31. The van der Waals surface area contributed by atoms with Crippen LogP contribution in [0.5, 0.6) is 0 Å². The first-order chi connectivity index (χ1) is 12.8. The van der Waals surface area contributed by atoms with Gasteiger partial charge in [0, 0.05) is 25.5 Å². The van der Waals surface area contributed by atoms with Crippen molar-refractivity contribution in [3.63, 3.8) is 0 Å². The van der Waals surface area contributed by atoms with Crippen LogP contribution in [0.1, 0.15) is 68.8 Å². The van der Waals surface area contributed by atoms with Gasteiger partial charge in [-0.05, 0) is 58.6 Å². The molecule has 2 amide bonds. The van der Waals surface area contributed by atoms with E-state index in [-0.39, 0.29) is 24.1 Å². The van der Waals surface area contributed by atoms with E-state index < -0.39 is 5.60 Å². The Balaban J connectivity index is 1.81. The number of pyridine rings is 1. The Morgan fingerprint density at radius 3 is 2.48 bits per heavy atom. The number of rotatable bonds is 1. The molecule has 2 atom stereocenters. The van der Waals surface area contributed by atoms with Gasteiger partial charge in [0.05, 0.1) is 17.6 Å². The number of nitrogens with zero attached hydrogens (tertiary/aromatic N) is 3. The number of hydrogen-bond donors (Lipinski definition) is 0. The molecule has 0 aliphatic carbocycles. The molecule has 2 aliphatic heterocycles. The molecule has 3 rings (SSSR count). The van der Waals surface area contributed by atoms with Gasteiger partial charge in [0.25, 0.3) is 5.91 Å². The van der Waals surface area contributed by atoms with Crippen molar-refractivity contribution in [2.75, 3.05) is 13.1 Å². The summed E-state index contributed by atoms with van der Waals surface area (Å²) < 4.78 is 5.65. The minimum atomic E-state index is -0.518. The Morgan fingerprint density at radius 2 is 1.78 bits per heavy atom. The first kappa shape index (κ1) is 19.6. The van der Waals surface area contributed by atoms with Crippen molar-refractivity contribution in [1.29, 1.82) is 0 Å². The number of amides is 2. The van der Waals surface area contributed by atoms with E-state index in [1.54, 1.807) is 12.4 Å². The number of fused-ring (bicyclic) bond motifs is 1. The lowest BCUT2D eigenvalue weighted by atomic mass is 9.97. The molecular weight excluding hydrogens is 342 g/mol. The van der Waals surface area contributed by atoms with Gasteiger partial charge in [-0.1, -0.05) is 12.8 Å². The van der Waals surface area contributed by atoms with E-state index in [1.165, 1.54) is 0 Å². The topological polar surface area (TPSA) is 62.7 Å². The Morgan fingerprint density at radius 1 is 1.04 bits per heavy atom. The van der Waals surface area contributed by atoms with Gasteiger partial charge in [0.1, 0.15) is 5.60 Å². The normalized spacial score (nSPS) is 23.4. The van der Waals surface area contributed by atoms with Crippen LogP contribution < -0.4 is 0 Å². The average molecular weight is 373 g/mol. The summed E-state index contributed by atoms with van der Waals surface area (Å²) in [5.74, 6) is 0.0170. The number of aromatic nitrogens is 1. The molecule has 27 heavy (non-hydrogen) atoms. The summed E-state index contributed by atoms with van der Waals surface area (Å²) in [5, 5.41) is 0. The Kier molecular flexibility index (Phi) is 5.72. The molecule has 0 unspecified atom stereocenters. The molecule has 2 saturated heterocycles. The Labute approximate surface area is 161 Å². The monoisotopic (exact) mass is 373 g/mol. The molecule has 1 aromatic heterocycles. The quantitative estimate of drug-likeness (QED) is 0.751. The molecule has 3 heterocycles. The van der Waals surface area contributed by atoms with E-state index >= 15 is 0 Å². The highest BCUT2D eigenvalue weighted by atomic mass is 16.6. The molecule has 2 aliphatic rings. The van der Waals surface area contributed by atoms with Gasteiger partial charge in [0.15, 0.2) is 0 Å². The lowest BCUT2D eigenvalue weighted by Crippen LogP contribution is -2.51. The zero-order chi connectivity index (χ0) is 19.6. The van der Waals surface area contributed by atoms with Crippen LogP contribution in [0.3, 0.4) is 0 Å². The summed E-state index contributed by atoms with van der Waals surface area (Å²) in [5.41, 5.74) is 1.09. The highest BCUT2D eigenvalue weighted by Gasteiger charge is 2.43. The summed E-state index contributed by atoms with van der Waals surface area (Å²) in [6, 6.07) is 1.96. The predicted molar refractivity (Wildman–Crippen MR) is 104 cm³/mol. The lowest BCUT2D eigenvalue weighted by molar-refractivity contribution is 0.00898. The van der Waals surface area contributed by atoms with Crippen LogP contribution in [0.4, 0.5) is 4.79 Å². The molecule has 148 valence electrons. The molecule has 0 N–H and O–H groups in total. The van der Waals surface area contributed by atoms with Crippen LogP contribution in [0, 0.1) is 6.92 Å². The maximum atomic E-state index is 13.1. The second-order valence-corrected chi connectivity index (χ2v) is 8.70. The van der Waals surface area contributed by atoms with Crippen LogP contribution >= 0.6 is 0 Å². The van der Waals surface area contributed by atoms with E-state index in [9.17, 15) is 9.59 Å². The molecule has 6 heteroatoms. The summed E-state index contributed by atoms with van der Waals surface area (Å²) in [6.07, 6.45) is 7.99. The van der Waals surface area contributed by atoms with Crippen LogP contribution in [0.2, 0.25) is 0 Å². The lowest BCUT2D eigenvalue weighted by Gasteiger charge is -2.38. The maximum absolute atomic E-state index is 13.1. The van der Waals surface area contributed by atoms with E-state index in [0.29, 0.717) is 18.7 Å². The van der Waals surface area contributed by atoms with E-state index in [2.05, 4.69) is 4.98 Å². The van der Waals surface area contributed by atoms with Crippen LogP contribution in [0.15, 0.2) is 18.5 Å². The zero-order valence-corrected chi connectivity index (χ0v) is 16.9. The van der Waals surface area contributed by atoms with Gasteiger partial charge in [-0.25, -0.2) is 4.79 Å². The molecule has 2 fully saturated rings. The number of carbonyl (C=O) groups is 2. The molecule has 6 nitrogen and oxygen atoms in total. The van der Waals surface area contributed by atoms with Crippen molar-refractivity contribution in [2.45, 2.75) is 77.5 Å². The third-order valence-corrected chi connectivity index (χ3v) is 5.32. The second-order valence-electron chi connectivity index (χ2n) is 8.70. The van der Waals surface area contributed by atoms with Crippen molar-refractivity contribution in [3.8, 4) is 0 Å². The van der Waals surface area contributed by atoms with Gasteiger partial charge in [-0.3, -0.25) is 9.78 Å². The molecule has 0 bridgehead atoms. The summed E-state index contributed by atoms with van der Waals surface area (Å²) in [7, 11) is 0. The smallest absolute Gasteiger partial charge is 0.410 e. The van der Waals surface area contributed by atoms with Crippen LogP contribution in [0.25, 0.3) is 0 Å². The molecule has 0 saturated carbocycles. The summed E-state index contributed by atoms with van der Waals surface area (Å²) >= 11 is 0. The maximum Gasteiger partial charge on any atom is 0.410 e. The Hall–Kier alpha value is -2.11. The first-order valence-corrected chi connectivity index (χ1v) is 9.98. The molecular formula is C21H31N3O3. The number of likely N-dealkylation sites (tertiary alicyclic amines) is 2. The summed E-state index contributed by atoms with van der Waals surface area (Å²) in [4.78, 5) is 33.9. The van der Waals surface area contributed by atoms with Crippen molar-refractivity contribution < 1.29 is 14.3 Å². The first-order valence-electron chi connectivity index (χ1n) is 9.98. The third kappa shape index (κ3) is 4.60. The van der Waals surface area contributed by atoms with Gasteiger partial charge in [-0.2, -0.15) is 0 Å². The molecule has 0 radical (unpaired) electrons. The van der Waals surface area contributed by atoms with Crippen molar-refractivity contribution >= 4 is 12.0 Å². The average Bonchev–Trinajstić information content (AvgIpc) is 2.95. The number of ether oxygens (including phenoxy) is 1. The fourth-order valence-corrected chi connectivity index (χ4v) is 4.16. The van der Waals surface area contributed by atoms with Crippen molar-refractivity contribution in [1.82, 2.24) is 14.8 Å². The predicted octanol–water partition coefficient (Wildman–Crippen LogP) is 3.78. The van der Waals surface area contributed by atoms with E-state index in [4.69, 9.17) is 4.74 Å². The van der Waals surface area contributed by atoms with Gasteiger partial charge >= 0.3 is 6.09 Å². The number of hydrogen-bond acceptors (Lipinski definition) is 4. The van der Waals surface area contributed by atoms with Crippen molar-refractivity contribution in [2.24, 2.45) is 0 Å². The van der Waals surface area contributed by atoms with Crippen LogP contribution in [-0.2, 0) is 4.74 Å². The highest BCUT2D eigenvalue weighted by molar-refractivity contribution is 5.94. The van der Waals surface area contributed by atoms with Crippen LogP contribution in [-0.4, -0.2) is 57.6 Å². The largest absolute Gasteiger partial charge is 0.444 e. The van der Waals surface area contributed by atoms with E-state index in [0.717, 1.165) is 37.7 Å². The fraction of sp³-hybridized carbons (Fsp3) is 0.667. The molecule has 0 spiro atoms. The van der Waals surface area contributed by atoms with Gasteiger partial charge in [-0.15, -0.1) is 0 Å². The van der Waals surface area contributed by atoms with E-state index in [1.807, 2.05) is 43.6 Å². The van der Waals surface area contributed by atoms with Crippen molar-refractivity contribution in [3.05, 3.63) is 29.6 Å². The Bertz CT molecular complexity index is 698. The SMILES string of the molecule is Cc1cncc(C(=O)N2CC[C@@H]3[C@H]2CCCCCN3C(=O)OC(C)(C)C)c1. The number of carbonyl (C=O) groups excluding carboxylic acids is 2. The second kappa shape index (κ2) is 7.87. The third-order valence-electron chi connectivity index (χ3n) is 5.32. The fourth-order valence-electron chi connectivity index (χ4n) is 4.16. The summed E-state index contributed by atoms with van der Waals surface area (Å²) in [6.45, 7) is 8.98. The standard InChI is InChI=1S/C21H31N3O3/c1-15-12-16(14-22-13-15)19(25)23-11-9-18-17(23)8-6-5-7-10-24(18)20(26)27-21(2,3)4/h12-14,17-18H,5-11H2,1-4H3/t17-,18-/m1/s1. The zero-order valence-electron chi connectivity index (χ0n) is 16.9. The molecule has 0 aromatic carbocycles. The molecule has 1 aromatic rings. The number of aryl methyl sites for hydroxylation is 1. The van der Waals surface area contributed by atoms with Gasteiger partial charge in [0.2, 0.25) is 0 Å². The van der Waals surface area contributed by atoms with Gasteiger partial charge < -0.3 is 14.5 Å².